The minimum absolute atomic E-state index is 0.298. The van der Waals surface area contributed by atoms with Gasteiger partial charge in [-0.1, -0.05) is 0 Å². The van der Waals surface area contributed by atoms with Crippen LogP contribution in [0.3, 0.4) is 0 Å². The quantitative estimate of drug-likeness (QED) is 0.678. The Morgan fingerprint density at radius 3 is 2.65 bits per heavy atom. The van der Waals surface area contributed by atoms with E-state index in [1.807, 2.05) is 0 Å². The molecule has 0 atom stereocenters. The van der Waals surface area contributed by atoms with Gasteiger partial charge in [0.15, 0.2) is 5.75 Å². The number of nitrogen functional groups attached to an aromatic ring is 1. The Balaban J connectivity index is 2.06. The molecule has 1 heterocycles. The number of methoxy groups -OCH3 is 2. The monoisotopic (exact) mass is 299 g/mol. The third-order valence-electron chi connectivity index (χ3n) is 3.75. The molecular formula is C13H21N3O3S. The Hall–Kier alpha value is -1.47. The summed E-state index contributed by atoms with van der Waals surface area (Å²) in [5, 5.41) is 4.11. The lowest BCUT2D eigenvalue weighted by Crippen LogP contribution is -2.17. The molecule has 1 fully saturated rings. The molecule has 112 valence electrons. The zero-order valence-corrected chi connectivity index (χ0v) is 12.6. The highest BCUT2D eigenvalue weighted by molar-refractivity contribution is 7.19. The summed E-state index contributed by atoms with van der Waals surface area (Å²) in [5.41, 5.74) is 11.8. The highest BCUT2D eigenvalue weighted by atomic mass is 32.1. The van der Waals surface area contributed by atoms with E-state index in [0.717, 1.165) is 24.6 Å². The lowest BCUT2D eigenvalue weighted by molar-refractivity contribution is 0.100. The average molecular weight is 299 g/mol. The summed E-state index contributed by atoms with van der Waals surface area (Å²) >= 11 is 1.24. The van der Waals surface area contributed by atoms with Gasteiger partial charge in [-0.3, -0.25) is 4.79 Å². The first-order valence-corrected chi connectivity index (χ1v) is 7.33. The Kier molecular flexibility index (Phi) is 4.39. The molecular weight excluding hydrogens is 278 g/mol. The molecule has 0 unspecified atom stereocenters. The second-order valence-corrected chi connectivity index (χ2v) is 6.19. The fourth-order valence-corrected chi connectivity index (χ4v) is 3.15. The molecule has 0 saturated heterocycles. The number of hydrogen-bond acceptors (Lipinski definition) is 6. The zero-order valence-electron chi connectivity index (χ0n) is 11.8. The van der Waals surface area contributed by atoms with Crippen molar-refractivity contribution in [1.82, 2.24) is 0 Å². The number of rotatable bonds is 8. The van der Waals surface area contributed by atoms with Crippen LogP contribution in [0.1, 0.15) is 28.9 Å². The van der Waals surface area contributed by atoms with E-state index in [4.69, 9.17) is 20.9 Å². The number of carbonyl (C=O) groups is 1. The van der Waals surface area contributed by atoms with Crippen LogP contribution in [0.25, 0.3) is 0 Å². The number of anilines is 2. The van der Waals surface area contributed by atoms with Crippen LogP contribution in [0.2, 0.25) is 0 Å². The van der Waals surface area contributed by atoms with Gasteiger partial charge in [0.2, 0.25) is 0 Å². The minimum atomic E-state index is -0.528. The van der Waals surface area contributed by atoms with Crippen molar-refractivity contribution in [2.24, 2.45) is 11.1 Å². The maximum atomic E-state index is 11.3. The molecule has 1 saturated carbocycles. The Labute approximate surface area is 122 Å². The van der Waals surface area contributed by atoms with E-state index in [9.17, 15) is 4.79 Å². The fraction of sp³-hybridized carbons (Fsp3) is 0.615. The summed E-state index contributed by atoms with van der Waals surface area (Å²) in [4.78, 5) is 11.6. The highest BCUT2D eigenvalue weighted by Crippen LogP contribution is 2.50. The molecule has 1 aliphatic carbocycles. The number of amides is 1. The number of carbonyl (C=O) groups excluding carboxylic acids is 1. The van der Waals surface area contributed by atoms with Crippen molar-refractivity contribution < 1.29 is 14.3 Å². The van der Waals surface area contributed by atoms with Gasteiger partial charge in [0.25, 0.3) is 5.91 Å². The molecule has 1 aromatic rings. The summed E-state index contributed by atoms with van der Waals surface area (Å²) < 4.78 is 10.4. The van der Waals surface area contributed by atoms with E-state index >= 15 is 0 Å². The first-order chi connectivity index (χ1) is 9.53. The molecule has 0 radical (unpaired) electrons. The van der Waals surface area contributed by atoms with Crippen LogP contribution < -0.4 is 21.5 Å². The average Bonchev–Trinajstić information content (AvgIpc) is 3.12. The third-order valence-corrected chi connectivity index (χ3v) is 4.90. The van der Waals surface area contributed by atoms with Gasteiger partial charge >= 0.3 is 0 Å². The van der Waals surface area contributed by atoms with E-state index in [-0.39, 0.29) is 0 Å². The maximum absolute atomic E-state index is 11.3. The second-order valence-electron chi connectivity index (χ2n) is 5.17. The topological polar surface area (TPSA) is 99.6 Å². The SMILES string of the molecule is COCCC1(CNc2sc(C(N)=O)c(N)c2OC)CC1. The largest absolute Gasteiger partial charge is 0.492 e. The number of hydrogen-bond donors (Lipinski definition) is 3. The number of ether oxygens (including phenoxy) is 2. The van der Waals surface area contributed by atoms with Crippen molar-refractivity contribution in [1.29, 1.82) is 0 Å². The normalized spacial score (nSPS) is 15.9. The second kappa shape index (κ2) is 5.88. The molecule has 5 N–H and O–H groups in total. The fourth-order valence-electron chi connectivity index (χ4n) is 2.21. The van der Waals surface area contributed by atoms with Gasteiger partial charge in [-0.05, 0) is 24.7 Å². The Morgan fingerprint density at radius 1 is 1.45 bits per heavy atom. The Morgan fingerprint density at radius 2 is 2.15 bits per heavy atom. The Bertz CT molecular complexity index is 497. The smallest absolute Gasteiger partial charge is 0.261 e. The number of thiophene rings is 1. The number of primary amides is 1. The summed E-state index contributed by atoms with van der Waals surface area (Å²) in [6.45, 7) is 1.59. The molecule has 7 heteroatoms. The minimum Gasteiger partial charge on any atom is -0.492 e. The molecule has 2 rings (SSSR count). The van der Waals surface area contributed by atoms with E-state index in [1.165, 1.54) is 31.3 Å². The van der Waals surface area contributed by atoms with Gasteiger partial charge in [-0.25, -0.2) is 0 Å². The van der Waals surface area contributed by atoms with Crippen LogP contribution >= 0.6 is 11.3 Å². The van der Waals surface area contributed by atoms with E-state index in [1.54, 1.807) is 7.11 Å². The number of nitrogens with two attached hydrogens (primary N) is 2. The summed E-state index contributed by atoms with van der Waals surface area (Å²) in [7, 11) is 3.25. The zero-order chi connectivity index (χ0) is 14.8. The van der Waals surface area contributed by atoms with Gasteiger partial charge in [0, 0.05) is 20.3 Å². The van der Waals surface area contributed by atoms with E-state index < -0.39 is 5.91 Å². The lowest BCUT2D eigenvalue weighted by atomic mass is 10.0. The van der Waals surface area contributed by atoms with Crippen LogP contribution in [0.5, 0.6) is 5.75 Å². The standard InChI is InChI=1S/C13H21N3O3S/c1-18-6-5-13(3-4-13)7-16-12-9(19-2)8(14)10(20-12)11(15)17/h16H,3-7,14H2,1-2H3,(H2,15,17). The van der Waals surface area contributed by atoms with Crippen molar-refractivity contribution in [3.63, 3.8) is 0 Å². The van der Waals surface area contributed by atoms with Gasteiger partial charge in [-0.2, -0.15) is 0 Å². The van der Waals surface area contributed by atoms with Crippen molar-refractivity contribution in [2.45, 2.75) is 19.3 Å². The summed E-state index contributed by atoms with van der Waals surface area (Å²) in [6, 6.07) is 0. The van der Waals surface area contributed by atoms with Gasteiger partial charge in [-0.15, -0.1) is 11.3 Å². The molecule has 0 spiro atoms. The van der Waals surface area contributed by atoms with Crippen molar-refractivity contribution in [2.75, 3.05) is 38.4 Å². The molecule has 6 nitrogen and oxygen atoms in total. The van der Waals surface area contributed by atoms with Crippen LogP contribution in [0.4, 0.5) is 10.7 Å². The highest BCUT2D eigenvalue weighted by Gasteiger charge is 2.42. The van der Waals surface area contributed by atoms with Crippen molar-refractivity contribution >= 4 is 27.9 Å². The molecule has 1 aromatic heterocycles. The van der Waals surface area contributed by atoms with Crippen LogP contribution in [-0.2, 0) is 4.74 Å². The summed E-state index contributed by atoms with van der Waals surface area (Å²) in [6.07, 6.45) is 3.41. The molecule has 20 heavy (non-hydrogen) atoms. The van der Waals surface area contributed by atoms with Crippen molar-refractivity contribution in [3.05, 3.63) is 4.88 Å². The molecule has 1 amide bonds. The lowest BCUT2D eigenvalue weighted by Gasteiger charge is -2.16. The van der Waals surface area contributed by atoms with Crippen molar-refractivity contribution in [3.8, 4) is 5.75 Å². The van der Waals surface area contributed by atoms with E-state index in [2.05, 4.69) is 5.32 Å². The third kappa shape index (κ3) is 2.99. The molecule has 1 aliphatic rings. The van der Waals surface area contributed by atoms with E-state index in [0.29, 0.717) is 21.7 Å². The maximum Gasteiger partial charge on any atom is 0.261 e. The van der Waals surface area contributed by atoms with Crippen LogP contribution in [0.15, 0.2) is 0 Å². The van der Waals surface area contributed by atoms with Crippen LogP contribution in [-0.4, -0.2) is 33.3 Å². The predicted molar refractivity (Wildman–Crippen MR) is 80.5 cm³/mol. The van der Waals surface area contributed by atoms with Crippen LogP contribution in [0, 0.1) is 5.41 Å². The van der Waals surface area contributed by atoms with Gasteiger partial charge < -0.3 is 26.3 Å². The predicted octanol–water partition coefficient (Wildman–Crippen LogP) is 1.67. The van der Waals surface area contributed by atoms with Gasteiger partial charge in [0.05, 0.1) is 7.11 Å². The molecule has 0 aromatic carbocycles. The first kappa shape index (κ1) is 14.9. The molecule has 0 bridgehead atoms. The van der Waals surface area contributed by atoms with Gasteiger partial charge in [0.1, 0.15) is 15.6 Å². The summed E-state index contributed by atoms with van der Waals surface area (Å²) in [5.74, 6) is -0.0225. The number of nitrogens with one attached hydrogen (secondary N) is 1. The molecule has 0 aliphatic heterocycles. The first-order valence-electron chi connectivity index (χ1n) is 6.52.